The number of nitrogens with two attached hydrogens (primary N) is 1. The summed E-state index contributed by atoms with van der Waals surface area (Å²) in [5.74, 6) is -0.613. The summed E-state index contributed by atoms with van der Waals surface area (Å²) >= 11 is 6.26. The van der Waals surface area contributed by atoms with E-state index in [9.17, 15) is 12.8 Å². The normalized spacial score (nSPS) is 11.6. The van der Waals surface area contributed by atoms with Gasteiger partial charge in [0.05, 0.1) is 10.2 Å². The van der Waals surface area contributed by atoms with Crippen LogP contribution >= 0.6 is 31.9 Å². The third-order valence-electron chi connectivity index (χ3n) is 2.70. The summed E-state index contributed by atoms with van der Waals surface area (Å²) in [6.45, 7) is 0.107. The summed E-state index contributed by atoms with van der Waals surface area (Å²) in [6, 6.07) is 9.35. The van der Waals surface area contributed by atoms with Crippen LogP contribution in [0.3, 0.4) is 0 Å². The second kappa shape index (κ2) is 6.43. The van der Waals surface area contributed by atoms with Gasteiger partial charge in [0.2, 0.25) is 10.0 Å². The first-order valence-corrected chi connectivity index (χ1v) is 8.85. The maximum atomic E-state index is 13.3. The largest absolute Gasteiger partial charge is 0.398 e. The van der Waals surface area contributed by atoms with E-state index in [0.717, 1.165) is 22.2 Å². The first-order chi connectivity index (χ1) is 9.79. The van der Waals surface area contributed by atoms with E-state index in [4.69, 9.17) is 5.73 Å². The fourth-order valence-corrected chi connectivity index (χ4v) is 3.78. The molecule has 0 saturated carbocycles. The van der Waals surface area contributed by atoms with Crippen molar-refractivity contribution < 1.29 is 12.8 Å². The molecule has 3 N–H and O–H groups in total. The molecule has 0 heterocycles. The molecule has 2 aromatic rings. The van der Waals surface area contributed by atoms with E-state index in [0.29, 0.717) is 0 Å². The molecule has 2 aromatic carbocycles. The molecule has 0 aliphatic heterocycles. The molecule has 0 atom stereocenters. The van der Waals surface area contributed by atoms with Crippen molar-refractivity contribution in [2.24, 2.45) is 0 Å². The van der Waals surface area contributed by atoms with Crippen molar-refractivity contribution in [1.82, 2.24) is 4.72 Å². The van der Waals surface area contributed by atoms with E-state index in [-0.39, 0.29) is 21.6 Å². The van der Waals surface area contributed by atoms with E-state index in [2.05, 4.69) is 36.6 Å². The number of benzene rings is 2. The van der Waals surface area contributed by atoms with Crippen molar-refractivity contribution in [3.8, 4) is 0 Å². The van der Waals surface area contributed by atoms with Crippen molar-refractivity contribution in [3.63, 3.8) is 0 Å². The molecule has 0 saturated heterocycles. The Kier molecular flexibility index (Phi) is 5.03. The van der Waals surface area contributed by atoms with Crippen LogP contribution in [0.25, 0.3) is 0 Å². The summed E-state index contributed by atoms with van der Waals surface area (Å²) in [7, 11) is -3.83. The molecule has 2 rings (SSSR count). The Morgan fingerprint density at radius 1 is 1.19 bits per heavy atom. The van der Waals surface area contributed by atoms with Crippen LogP contribution in [0.4, 0.5) is 10.1 Å². The van der Waals surface area contributed by atoms with Crippen LogP contribution < -0.4 is 10.5 Å². The zero-order valence-electron chi connectivity index (χ0n) is 10.6. The Labute approximate surface area is 138 Å². The number of anilines is 1. The molecule has 112 valence electrons. The summed E-state index contributed by atoms with van der Waals surface area (Å²) in [5.41, 5.74) is 6.23. The van der Waals surface area contributed by atoms with Crippen LogP contribution in [0, 0.1) is 5.82 Å². The Bertz CT molecular complexity index is 782. The third kappa shape index (κ3) is 4.03. The highest BCUT2D eigenvalue weighted by Gasteiger charge is 2.19. The van der Waals surface area contributed by atoms with Crippen LogP contribution in [0.1, 0.15) is 5.56 Å². The fourth-order valence-electron chi connectivity index (χ4n) is 1.68. The second-order valence-corrected chi connectivity index (χ2v) is 7.76. The monoisotopic (exact) mass is 436 g/mol. The topological polar surface area (TPSA) is 72.2 Å². The van der Waals surface area contributed by atoms with Crippen LogP contribution in [0.2, 0.25) is 0 Å². The van der Waals surface area contributed by atoms with Crippen LogP contribution in [-0.2, 0) is 16.6 Å². The van der Waals surface area contributed by atoms with Crippen molar-refractivity contribution in [1.29, 1.82) is 0 Å². The van der Waals surface area contributed by atoms with E-state index in [1.54, 1.807) is 18.2 Å². The molecular formula is C13H11Br2FN2O2S. The highest BCUT2D eigenvalue weighted by atomic mass is 79.9. The van der Waals surface area contributed by atoms with Gasteiger partial charge in [-0.1, -0.05) is 28.1 Å². The van der Waals surface area contributed by atoms with Gasteiger partial charge in [-0.15, -0.1) is 0 Å². The Morgan fingerprint density at radius 2 is 1.90 bits per heavy atom. The lowest BCUT2D eigenvalue weighted by atomic mass is 10.2. The predicted octanol–water partition coefficient (Wildman–Crippen LogP) is 3.41. The van der Waals surface area contributed by atoms with Gasteiger partial charge in [-0.05, 0) is 45.8 Å². The lowest BCUT2D eigenvalue weighted by Crippen LogP contribution is -2.24. The van der Waals surface area contributed by atoms with Crippen molar-refractivity contribution in [2.75, 3.05) is 5.73 Å². The molecule has 0 aliphatic rings. The van der Waals surface area contributed by atoms with Gasteiger partial charge >= 0.3 is 0 Å². The highest BCUT2D eigenvalue weighted by molar-refractivity contribution is 9.10. The van der Waals surface area contributed by atoms with E-state index >= 15 is 0 Å². The molecule has 8 heteroatoms. The minimum atomic E-state index is -3.83. The molecule has 4 nitrogen and oxygen atoms in total. The maximum absolute atomic E-state index is 13.3. The average Bonchev–Trinajstić information content (AvgIpc) is 2.41. The average molecular weight is 438 g/mol. The van der Waals surface area contributed by atoms with Crippen molar-refractivity contribution >= 4 is 47.6 Å². The maximum Gasteiger partial charge on any atom is 0.242 e. The fraction of sp³-hybridized carbons (Fsp3) is 0.0769. The summed E-state index contributed by atoms with van der Waals surface area (Å²) in [6.07, 6.45) is 0. The predicted molar refractivity (Wildman–Crippen MR) is 86.7 cm³/mol. The van der Waals surface area contributed by atoms with Crippen molar-refractivity contribution in [2.45, 2.75) is 11.4 Å². The minimum Gasteiger partial charge on any atom is -0.398 e. The molecule has 0 fully saturated rings. The molecule has 0 amide bonds. The number of halogens is 3. The SMILES string of the molecule is Nc1cc(F)c(Br)cc1S(=O)(=O)NCc1cccc(Br)c1. The molecule has 0 bridgehead atoms. The van der Waals surface area contributed by atoms with Crippen molar-refractivity contribution in [3.05, 3.63) is 56.7 Å². The molecular weight excluding hydrogens is 427 g/mol. The number of nitrogen functional groups attached to an aromatic ring is 1. The Morgan fingerprint density at radius 3 is 2.57 bits per heavy atom. The first kappa shape index (κ1) is 16.4. The number of rotatable bonds is 4. The zero-order valence-corrected chi connectivity index (χ0v) is 14.6. The zero-order chi connectivity index (χ0) is 15.6. The lowest BCUT2D eigenvalue weighted by Gasteiger charge is -2.10. The Balaban J connectivity index is 2.25. The summed E-state index contributed by atoms with van der Waals surface area (Å²) in [4.78, 5) is -0.161. The molecule has 0 unspecified atom stereocenters. The van der Waals surface area contributed by atoms with Gasteiger partial charge in [0, 0.05) is 11.0 Å². The molecule has 0 aromatic heterocycles. The van der Waals surface area contributed by atoms with Gasteiger partial charge in [0.1, 0.15) is 10.7 Å². The van der Waals surface area contributed by atoms with E-state index < -0.39 is 15.8 Å². The number of hydrogen-bond acceptors (Lipinski definition) is 3. The Hall–Kier alpha value is -0.960. The van der Waals surface area contributed by atoms with Gasteiger partial charge in [-0.3, -0.25) is 0 Å². The number of nitrogens with one attached hydrogen (secondary N) is 1. The number of hydrogen-bond donors (Lipinski definition) is 2. The van der Waals surface area contributed by atoms with Gasteiger partial charge in [-0.25, -0.2) is 17.5 Å². The first-order valence-electron chi connectivity index (χ1n) is 5.78. The van der Waals surface area contributed by atoms with E-state index in [1.165, 1.54) is 0 Å². The standard InChI is InChI=1S/C13H11Br2FN2O2S/c14-9-3-1-2-8(4-9)7-18-21(19,20)13-5-10(15)11(16)6-12(13)17/h1-6,18H,7,17H2. The summed E-state index contributed by atoms with van der Waals surface area (Å²) < 4.78 is 41.1. The summed E-state index contributed by atoms with van der Waals surface area (Å²) in [5, 5.41) is 0. The van der Waals surface area contributed by atoms with Gasteiger partial charge < -0.3 is 5.73 Å². The van der Waals surface area contributed by atoms with Gasteiger partial charge in [0.15, 0.2) is 0 Å². The van der Waals surface area contributed by atoms with Crippen LogP contribution in [0.5, 0.6) is 0 Å². The van der Waals surface area contributed by atoms with Gasteiger partial charge in [-0.2, -0.15) is 0 Å². The molecule has 0 aliphatic carbocycles. The van der Waals surface area contributed by atoms with Crippen LogP contribution in [-0.4, -0.2) is 8.42 Å². The second-order valence-electron chi connectivity index (χ2n) is 4.26. The third-order valence-corrected chi connectivity index (χ3v) is 5.26. The van der Waals surface area contributed by atoms with Crippen LogP contribution in [0.15, 0.2) is 50.2 Å². The van der Waals surface area contributed by atoms with E-state index in [1.807, 2.05) is 6.07 Å². The molecule has 0 spiro atoms. The highest BCUT2D eigenvalue weighted by Crippen LogP contribution is 2.26. The lowest BCUT2D eigenvalue weighted by molar-refractivity contribution is 0.580. The van der Waals surface area contributed by atoms with Gasteiger partial charge in [0.25, 0.3) is 0 Å². The quantitative estimate of drug-likeness (QED) is 0.720. The minimum absolute atomic E-state index is 0.0412. The smallest absolute Gasteiger partial charge is 0.242 e. The molecule has 21 heavy (non-hydrogen) atoms. The molecule has 0 radical (unpaired) electrons. The number of sulfonamides is 1.